The lowest BCUT2D eigenvalue weighted by Gasteiger charge is -2.26. The van der Waals surface area contributed by atoms with Gasteiger partial charge in [-0.1, -0.05) is 25.4 Å². The Morgan fingerprint density at radius 1 is 1.45 bits per heavy atom. The van der Waals surface area contributed by atoms with E-state index in [2.05, 4.69) is 43.2 Å². The van der Waals surface area contributed by atoms with Crippen molar-refractivity contribution >= 4 is 17.3 Å². The lowest BCUT2D eigenvalue weighted by Crippen LogP contribution is -2.30. The minimum absolute atomic E-state index is 0.363. The average molecular weight is 297 g/mol. The maximum atomic E-state index is 6.14. The quantitative estimate of drug-likeness (QED) is 0.870. The van der Waals surface area contributed by atoms with E-state index >= 15 is 0 Å². The van der Waals surface area contributed by atoms with Gasteiger partial charge in [0.05, 0.1) is 6.10 Å². The maximum absolute atomic E-state index is 6.14. The van der Waals surface area contributed by atoms with E-state index in [0.717, 1.165) is 31.1 Å². The molecule has 0 bridgehead atoms. The van der Waals surface area contributed by atoms with E-state index in [0.29, 0.717) is 12.1 Å². The summed E-state index contributed by atoms with van der Waals surface area (Å²) in [6.07, 6.45) is 2.71. The van der Waals surface area contributed by atoms with Gasteiger partial charge in [0.1, 0.15) is 0 Å². The van der Waals surface area contributed by atoms with Crippen LogP contribution >= 0.6 is 11.6 Å². The van der Waals surface area contributed by atoms with E-state index in [9.17, 15) is 0 Å². The van der Waals surface area contributed by atoms with Gasteiger partial charge in [-0.25, -0.2) is 0 Å². The van der Waals surface area contributed by atoms with Gasteiger partial charge in [0.2, 0.25) is 0 Å². The fraction of sp³-hybridized carbons (Fsp3) is 0.625. The Labute approximate surface area is 127 Å². The van der Waals surface area contributed by atoms with Crippen molar-refractivity contribution in [3.8, 4) is 0 Å². The van der Waals surface area contributed by atoms with Crippen molar-refractivity contribution in [1.82, 2.24) is 5.32 Å². The monoisotopic (exact) mass is 296 g/mol. The number of halogens is 1. The van der Waals surface area contributed by atoms with E-state index in [1.807, 2.05) is 6.07 Å². The van der Waals surface area contributed by atoms with Crippen molar-refractivity contribution < 1.29 is 4.74 Å². The summed E-state index contributed by atoms with van der Waals surface area (Å²) in [5.41, 5.74) is 2.48. The highest BCUT2D eigenvalue weighted by Gasteiger charge is 2.19. The minimum Gasteiger partial charge on any atom is -0.376 e. The highest BCUT2D eigenvalue weighted by molar-refractivity contribution is 6.30. The molecule has 112 valence electrons. The summed E-state index contributed by atoms with van der Waals surface area (Å²) < 4.78 is 5.72. The number of hydrogen-bond acceptors (Lipinski definition) is 3. The second-order valence-corrected chi connectivity index (χ2v) is 6.26. The van der Waals surface area contributed by atoms with E-state index in [4.69, 9.17) is 16.3 Å². The molecule has 0 radical (unpaired) electrons. The first kappa shape index (κ1) is 15.6. The zero-order valence-corrected chi connectivity index (χ0v) is 13.4. The molecule has 0 spiro atoms. The van der Waals surface area contributed by atoms with Crippen LogP contribution in [0.3, 0.4) is 0 Å². The number of nitrogens with one attached hydrogen (secondary N) is 1. The van der Waals surface area contributed by atoms with Crippen molar-refractivity contribution in [2.45, 2.75) is 45.4 Å². The molecule has 1 fully saturated rings. The van der Waals surface area contributed by atoms with Gasteiger partial charge in [-0.15, -0.1) is 0 Å². The smallest absolute Gasteiger partial charge is 0.0750 e. The van der Waals surface area contributed by atoms with Gasteiger partial charge in [-0.05, 0) is 36.6 Å². The maximum Gasteiger partial charge on any atom is 0.0750 e. The summed E-state index contributed by atoms with van der Waals surface area (Å²) in [6, 6.07) is 6.58. The van der Waals surface area contributed by atoms with Gasteiger partial charge >= 0.3 is 0 Å². The van der Waals surface area contributed by atoms with Gasteiger partial charge in [0, 0.05) is 43.5 Å². The van der Waals surface area contributed by atoms with Crippen molar-refractivity contribution in [3.05, 3.63) is 28.8 Å². The summed E-state index contributed by atoms with van der Waals surface area (Å²) in [7, 11) is 2.13. The van der Waals surface area contributed by atoms with Crippen molar-refractivity contribution in [2.24, 2.45) is 0 Å². The van der Waals surface area contributed by atoms with Gasteiger partial charge < -0.3 is 15.0 Å². The third-order valence-electron chi connectivity index (χ3n) is 3.66. The summed E-state index contributed by atoms with van der Waals surface area (Å²) in [5, 5.41) is 4.25. The van der Waals surface area contributed by atoms with Crippen molar-refractivity contribution in [1.29, 1.82) is 0 Å². The first-order valence-corrected chi connectivity index (χ1v) is 7.78. The Morgan fingerprint density at radius 2 is 2.25 bits per heavy atom. The summed E-state index contributed by atoms with van der Waals surface area (Å²) in [4.78, 5) is 2.28. The second-order valence-electron chi connectivity index (χ2n) is 5.82. The second kappa shape index (κ2) is 7.30. The number of anilines is 1. The lowest BCUT2D eigenvalue weighted by atomic mass is 10.1. The predicted octanol–water partition coefficient (Wildman–Crippen LogP) is 3.45. The summed E-state index contributed by atoms with van der Waals surface area (Å²) in [6.45, 7) is 6.99. The van der Waals surface area contributed by atoms with Gasteiger partial charge in [0.15, 0.2) is 0 Å². The third-order valence-corrected chi connectivity index (χ3v) is 3.89. The van der Waals surface area contributed by atoms with Crippen LogP contribution in [0.5, 0.6) is 0 Å². The average Bonchev–Trinajstić information content (AvgIpc) is 2.89. The van der Waals surface area contributed by atoms with E-state index in [-0.39, 0.29) is 0 Å². The number of benzene rings is 1. The molecule has 0 aromatic heterocycles. The molecular formula is C16H25ClN2O. The molecule has 0 saturated carbocycles. The summed E-state index contributed by atoms with van der Waals surface area (Å²) in [5.74, 6) is 0. The summed E-state index contributed by atoms with van der Waals surface area (Å²) >= 11 is 6.14. The van der Waals surface area contributed by atoms with Crippen LogP contribution in [0.2, 0.25) is 5.02 Å². The molecule has 0 aliphatic carbocycles. The zero-order valence-electron chi connectivity index (χ0n) is 12.7. The molecule has 1 heterocycles. The molecule has 1 N–H and O–H groups in total. The lowest BCUT2D eigenvalue weighted by molar-refractivity contribution is 0.116. The molecule has 1 aromatic carbocycles. The number of hydrogen-bond donors (Lipinski definition) is 1. The van der Waals surface area contributed by atoms with Crippen LogP contribution in [0.4, 0.5) is 5.69 Å². The topological polar surface area (TPSA) is 24.5 Å². The molecule has 0 amide bonds. The minimum atomic E-state index is 0.363. The molecule has 1 aliphatic heterocycles. The number of likely N-dealkylation sites (N-methyl/N-ethyl adjacent to an activating group) is 1. The molecule has 1 aromatic rings. The van der Waals surface area contributed by atoms with Gasteiger partial charge in [-0.2, -0.15) is 0 Å². The van der Waals surface area contributed by atoms with Gasteiger partial charge in [0.25, 0.3) is 0 Å². The Morgan fingerprint density at radius 3 is 2.90 bits per heavy atom. The van der Waals surface area contributed by atoms with Crippen LogP contribution in [0.1, 0.15) is 32.3 Å². The number of nitrogens with zero attached hydrogens (tertiary/aromatic N) is 1. The van der Waals surface area contributed by atoms with E-state index in [1.54, 1.807) is 0 Å². The normalized spacial score (nSPS) is 18.8. The Bertz CT molecular complexity index is 430. The first-order valence-electron chi connectivity index (χ1n) is 7.41. The van der Waals surface area contributed by atoms with Crippen LogP contribution in [-0.4, -0.2) is 32.3 Å². The number of ether oxygens (including phenoxy) is 1. The highest BCUT2D eigenvalue weighted by Crippen LogP contribution is 2.25. The fourth-order valence-corrected chi connectivity index (χ4v) is 2.77. The van der Waals surface area contributed by atoms with E-state index < -0.39 is 0 Å². The molecule has 3 nitrogen and oxygen atoms in total. The Kier molecular flexibility index (Phi) is 5.70. The van der Waals surface area contributed by atoms with Crippen LogP contribution in [0.15, 0.2) is 18.2 Å². The Balaban J connectivity index is 2.07. The van der Waals surface area contributed by atoms with Crippen LogP contribution in [-0.2, 0) is 11.3 Å². The first-order chi connectivity index (χ1) is 9.56. The predicted molar refractivity (Wildman–Crippen MR) is 85.7 cm³/mol. The largest absolute Gasteiger partial charge is 0.376 e. The van der Waals surface area contributed by atoms with Crippen molar-refractivity contribution in [2.75, 3.05) is 25.1 Å². The van der Waals surface area contributed by atoms with Crippen LogP contribution in [0.25, 0.3) is 0 Å². The fourth-order valence-electron chi connectivity index (χ4n) is 2.57. The number of rotatable bonds is 6. The van der Waals surface area contributed by atoms with Crippen LogP contribution in [0, 0.1) is 0 Å². The van der Waals surface area contributed by atoms with Gasteiger partial charge in [-0.3, -0.25) is 0 Å². The standard InChI is InChI=1S/C16H25ClN2O/c1-12(2)18-10-13-9-14(17)6-7-16(13)19(3)11-15-5-4-8-20-15/h6-7,9,12,15,18H,4-5,8,10-11H2,1-3H3. The molecule has 2 rings (SSSR count). The SMILES string of the molecule is CC(C)NCc1cc(Cl)ccc1N(C)CC1CCCO1. The Hall–Kier alpha value is -0.770. The van der Waals surface area contributed by atoms with Crippen molar-refractivity contribution in [3.63, 3.8) is 0 Å². The molecule has 1 aliphatic rings. The highest BCUT2D eigenvalue weighted by atomic mass is 35.5. The molecular weight excluding hydrogens is 272 g/mol. The third kappa shape index (κ3) is 4.37. The molecule has 1 saturated heterocycles. The van der Waals surface area contributed by atoms with Crippen LogP contribution < -0.4 is 10.2 Å². The molecule has 20 heavy (non-hydrogen) atoms. The molecule has 4 heteroatoms. The molecule has 1 atom stereocenters. The van der Waals surface area contributed by atoms with E-state index in [1.165, 1.54) is 17.7 Å². The zero-order chi connectivity index (χ0) is 14.5. The molecule has 1 unspecified atom stereocenters.